The highest BCUT2D eigenvalue weighted by molar-refractivity contribution is 5.85. The first-order valence-electron chi connectivity index (χ1n) is 8.56. The van der Waals surface area contributed by atoms with E-state index >= 15 is 0 Å². The van der Waals surface area contributed by atoms with Gasteiger partial charge in [0.2, 0.25) is 5.91 Å². The summed E-state index contributed by atoms with van der Waals surface area (Å²) in [6.45, 7) is 5.02. The molecule has 2 N–H and O–H groups in total. The van der Waals surface area contributed by atoms with E-state index < -0.39 is 12.1 Å². The molecule has 25 heavy (non-hydrogen) atoms. The average molecular weight is 348 g/mol. The van der Waals surface area contributed by atoms with Gasteiger partial charge < -0.3 is 20.3 Å². The van der Waals surface area contributed by atoms with Gasteiger partial charge in [0, 0.05) is 13.6 Å². The van der Waals surface area contributed by atoms with Crippen molar-refractivity contribution in [1.29, 1.82) is 5.26 Å². The lowest BCUT2D eigenvalue weighted by molar-refractivity contribution is -0.123. The first-order chi connectivity index (χ1) is 11.9. The minimum Gasteiger partial charge on any atom is -0.450 e. The Morgan fingerprint density at radius 1 is 1.44 bits per heavy atom. The Morgan fingerprint density at radius 2 is 2.20 bits per heavy atom. The van der Waals surface area contributed by atoms with Crippen molar-refractivity contribution in [3.8, 4) is 6.07 Å². The first kappa shape index (κ1) is 20.6. The number of nitriles is 1. The Morgan fingerprint density at radius 3 is 2.84 bits per heavy atom. The second-order valence-electron chi connectivity index (χ2n) is 6.52. The summed E-state index contributed by atoms with van der Waals surface area (Å²) in [6.07, 6.45) is 7.57. The van der Waals surface area contributed by atoms with Crippen LogP contribution in [0.4, 0.5) is 4.79 Å². The third-order valence-electron chi connectivity index (χ3n) is 3.66. The molecule has 1 unspecified atom stereocenters. The zero-order valence-electron chi connectivity index (χ0n) is 15.2. The third-order valence-corrected chi connectivity index (χ3v) is 3.66. The fraction of sp³-hybridized carbons (Fsp3) is 0.611. The highest BCUT2D eigenvalue weighted by Gasteiger charge is 2.22. The minimum absolute atomic E-state index is 0.0812. The van der Waals surface area contributed by atoms with E-state index in [1.807, 2.05) is 39.2 Å². The summed E-state index contributed by atoms with van der Waals surface area (Å²) in [5.74, 6) is -0.143. The maximum atomic E-state index is 12.0. The maximum Gasteiger partial charge on any atom is 0.407 e. The van der Waals surface area contributed by atoms with Crippen LogP contribution in [-0.4, -0.2) is 49.7 Å². The molecule has 2 amide bonds. The number of likely N-dealkylation sites (N-methyl/N-ethyl adjacent to an activating group) is 1. The van der Waals surface area contributed by atoms with Gasteiger partial charge in [-0.15, -0.1) is 0 Å². The monoisotopic (exact) mass is 348 g/mol. The molecule has 1 aliphatic rings. The molecule has 7 nitrogen and oxygen atoms in total. The van der Waals surface area contributed by atoms with Crippen molar-refractivity contribution in [2.45, 2.75) is 39.2 Å². The zero-order chi connectivity index (χ0) is 18.7. The SMILES string of the molecule is CC(C)CC(NC(=O)OCCCC1=CC=CN(C)C1)C(=O)NCC#N. The van der Waals surface area contributed by atoms with Crippen LogP contribution in [0.1, 0.15) is 33.1 Å². The molecule has 1 aliphatic heterocycles. The van der Waals surface area contributed by atoms with Crippen molar-refractivity contribution in [3.63, 3.8) is 0 Å². The number of nitrogens with one attached hydrogen (secondary N) is 2. The molecule has 1 atom stereocenters. The van der Waals surface area contributed by atoms with E-state index in [1.54, 1.807) is 0 Å². The Kier molecular flexibility index (Phi) is 9.15. The second kappa shape index (κ2) is 11.1. The molecule has 0 aromatic heterocycles. The normalized spacial score (nSPS) is 14.5. The molecule has 0 aliphatic carbocycles. The molecule has 0 saturated carbocycles. The first-order valence-corrected chi connectivity index (χ1v) is 8.56. The van der Waals surface area contributed by atoms with Gasteiger partial charge >= 0.3 is 6.09 Å². The Hall–Kier alpha value is -2.49. The number of ether oxygens (including phenoxy) is 1. The lowest BCUT2D eigenvalue weighted by atomic mass is 10.0. The van der Waals surface area contributed by atoms with E-state index in [4.69, 9.17) is 10.00 Å². The van der Waals surface area contributed by atoms with Gasteiger partial charge in [0.25, 0.3) is 0 Å². The number of alkyl carbamates (subject to hydrolysis) is 1. The van der Waals surface area contributed by atoms with Crippen LogP contribution in [0, 0.1) is 17.2 Å². The average Bonchev–Trinajstić information content (AvgIpc) is 2.55. The molecule has 0 aromatic carbocycles. The summed E-state index contributed by atoms with van der Waals surface area (Å²) in [6, 6.07) is 1.15. The van der Waals surface area contributed by atoms with Crippen molar-refractivity contribution < 1.29 is 14.3 Å². The molecule has 0 saturated heterocycles. The summed E-state index contributed by atoms with van der Waals surface area (Å²) in [5.41, 5.74) is 1.29. The third kappa shape index (κ3) is 8.80. The van der Waals surface area contributed by atoms with Gasteiger partial charge in [-0.2, -0.15) is 5.26 Å². The summed E-state index contributed by atoms with van der Waals surface area (Å²) in [4.78, 5) is 26.0. The number of allylic oxidation sites excluding steroid dienone is 2. The Balaban J connectivity index is 2.33. The number of carbonyl (C=O) groups excluding carboxylic acids is 2. The molecule has 138 valence electrons. The van der Waals surface area contributed by atoms with Crippen molar-refractivity contribution >= 4 is 12.0 Å². The number of rotatable bonds is 9. The van der Waals surface area contributed by atoms with Crippen LogP contribution < -0.4 is 10.6 Å². The van der Waals surface area contributed by atoms with Crippen LogP contribution in [0.25, 0.3) is 0 Å². The zero-order valence-corrected chi connectivity index (χ0v) is 15.2. The Bertz CT molecular complexity index is 549. The predicted octanol–water partition coefficient (Wildman–Crippen LogP) is 1.93. The second-order valence-corrected chi connectivity index (χ2v) is 6.52. The molecule has 1 heterocycles. The van der Waals surface area contributed by atoms with E-state index in [9.17, 15) is 9.59 Å². The van der Waals surface area contributed by atoms with E-state index in [0.29, 0.717) is 13.0 Å². The number of nitrogens with zero attached hydrogens (tertiary/aromatic N) is 2. The molecular formula is C18H28N4O3. The summed E-state index contributed by atoms with van der Waals surface area (Å²) < 4.78 is 5.17. The fourth-order valence-corrected chi connectivity index (χ4v) is 2.51. The van der Waals surface area contributed by atoms with Gasteiger partial charge in [0.05, 0.1) is 12.7 Å². The highest BCUT2D eigenvalue weighted by Crippen LogP contribution is 2.11. The maximum absolute atomic E-state index is 12.0. The largest absolute Gasteiger partial charge is 0.450 e. The molecular weight excluding hydrogens is 320 g/mol. The van der Waals surface area contributed by atoms with Crippen LogP contribution in [0.15, 0.2) is 23.9 Å². The standard InChI is InChI=1S/C18H28N4O3/c1-14(2)12-16(17(23)20-9-8-19)21-18(24)25-11-5-7-15-6-4-10-22(3)13-15/h4,6,10,14,16H,5,7,9,11-13H2,1-3H3,(H,20,23)(H,21,24). The van der Waals surface area contributed by atoms with Crippen LogP contribution in [0.2, 0.25) is 0 Å². The number of amides is 2. The van der Waals surface area contributed by atoms with Gasteiger partial charge in [-0.05, 0) is 37.5 Å². The molecule has 0 spiro atoms. The molecule has 7 heteroatoms. The number of hydrogen-bond acceptors (Lipinski definition) is 5. The number of carbonyl (C=O) groups is 2. The fourth-order valence-electron chi connectivity index (χ4n) is 2.51. The van der Waals surface area contributed by atoms with Crippen LogP contribution >= 0.6 is 0 Å². The van der Waals surface area contributed by atoms with Gasteiger partial charge in [0.1, 0.15) is 12.6 Å². The van der Waals surface area contributed by atoms with E-state index in [2.05, 4.69) is 21.6 Å². The Labute approximate surface area is 149 Å². The molecule has 1 rings (SSSR count). The quantitative estimate of drug-likeness (QED) is 0.490. The molecule has 0 bridgehead atoms. The van der Waals surface area contributed by atoms with Crippen molar-refractivity contribution in [2.75, 3.05) is 26.7 Å². The molecule has 0 aromatic rings. The van der Waals surface area contributed by atoms with Gasteiger partial charge in [-0.1, -0.05) is 25.5 Å². The van der Waals surface area contributed by atoms with Crippen molar-refractivity contribution in [3.05, 3.63) is 23.9 Å². The summed E-state index contributed by atoms with van der Waals surface area (Å²) in [7, 11) is 2.01. The van der Waals surface area contributed by atoms with Gasteiger partial charge in [0.15, 0.2) is 0 Å². The lowest BCUT2D eigenvalue weighted by Crippen LogP contribution is -2.47. The van der Waals surface area contributed by atoms with Crippen LogP contribution in [0.3, 0.4) is 0 Å². The van der Waals surface area contributed by atoms with Gasteiger partial charge in [-0.3, -0.25) is 4.79 Å². The smallest absolute Gasteiger partial charge is 0.407 e. The lowest BCUT2D eigenvalue weighted by Gasteiger charge is -2.20. The van der Waals surface area contributed by atoms with E-state index in [1.165, 1.54) is 5.57 Å². The van der Waals surface area contributed by atoms with E-state index in [0.717, 1.165) is 19.4 Å². The molecule has 0 radical (unpaired) electrons. The number of hydrogen-bond donors (Lipinski definition) is 2. The van der Waals surface area contributed by atoms with E-state index in [-0.39, 0.29) is 18.4 Å². The minimum atomic E-state index is -0.694. The van der Waals surface area contributed by atoms with Crippen molar-refractivity contribution in [2.24, 2.45) is 5.92 Å². The van der Waals surface area contributed by atoms with Gasteiger partial charge in [-0.25, -0.2) is 4.79 Å². The molecule has 0 fully saturated rings. The summed E-state index contributed by atoms with van der Waals surface area (Å²) >= 11 is 0. The topological polar surface area (TPSA) is 94.5 Å². The van der Waals surface area contributed by atoms with Crippen molar-refractivity contribution in [1.82, 2.24) is 15.5 Å². The van der Waals surface area contributed by atoms with Crippen LogP contribution in [0.5, 0.6) is 0 Å². The predicted molar refractivity (Wildman–Crippen MR) is 95.4 cm³/mol. The highest BCUT2D eigenvalue weighted by atomic mass is 16.5. The van der Waals surface area contributed by atoms with Crippen LogP contribution in [-0.2, 0) is 9.53 Å². The summed E-state index contributed by atoms with van der Waals surface area (Å²) in [5, 5.41) is 13.6.